The molecule has 1 atom stereocenters. The van der Waals surface area contributed by atoms with Gasteiger partial charge in [-0.1, -0.05) is 28.1 Å². The van der Waals surface area contributed by atoms with Gasteiger partial charge in [-0.2, -0.15) is 0 Å². The van der Waals surface area contributed by atoms with Crippen LogP contribution in [0, 0.1) is 0 Å². The Kier molecular flexibility index (Phi) is 4.79. The van der Waals surface area contributed by atoms with Crippen LogP contribution in [0.5, 0.6) is 0 Å². The van der Waals surface area contributed by atoms with E-state index in [1.807, 2.05) is 12.1 Å². The maximum Gasteiger partial charge on any atom is 0.0285 e. The number of rotatable bonds is 4. The zero-order chi connectivity index (χ0) is 12.3. The number of nitrogens with two attached hydrogens (primary N) is 1. The summed E-state index contributed by atoms with van der Waals surface area (Å²) in [4.78, 5) is 1.33. The molecule has 0 aliphatic carbocycles. The molecule has 0 saturated heterocycles. The van der Waals surface area contributed by atoms with E-state index in [4.69, 9.17) is 5.73 Å². The van der Waals surface area contributed by atoms with Gasteiger partial charge in [-0.25, -0.2) is 0 Å². The fourth-order valence-corrected chi connectivity index (χ4v) is 3.75. The third-order valence-electron chi connectivity index (χ3n) is 2.47. The van der Waals surface area contributed by atoms with E-state index in [1.165, 1.54) is 10.4 Å². The van der Waals surface area contributed by atoms with Crippen LogP contribution in [0.1, 0.15) is 10.4 Å². The maximum atomic E-state index is 6.17. The Hall–Kier alpha value is -0.160. The first-order valence-electron chi connectivity index (χ1n) is 5.36. The molecule has 2 N–H and O–H groups in total. The molecule has 1 heterocycles. The van der Waals surface area contributed by atoms with Crippen molar-refractivity contribution < 1.29 is 0 Å². The highest BCUT2D eigenvalue weighted by molar-refractivity contribution is 9.10. The molecule has 2 aromatic rings. The Balaban J connectivity index is 1.95. The summed E-state index contributed by atoms with van der Waals surface area (Å²) >= 11 is 8.69. The lowest BCUT2D eigenvalue weighted by atomic mass is 10.0. The van der Waals surface area contributed by atoms with Crippen molar-refractivity contribution in [1.29, 1.82) is 0 Å². The highest BCUT2D eigenvalue weighted by Gasteiger charge is 2.07. The second-order valence-electron chi connectivity index (χ2n) is 4.03. The van der Waals surface area contributed by atoms with Gasteiger partial charge in [-0.3, -0.25) is 0 Å². The molecule has 1 nitrogen and oxygen atoms in total. The Labute approximate surface area is 122 Å². The molecule has 2 rings (SSSR count). The molecule has 17 heavy (non-hydrogen) atoms. The summed E-state index contributed by atoms with van der Waals surface area (Å²) in [5.74, 6) is 0. The molecular formula is C13H13Br2NS. The minimum Gasteiger partial charge on any atom is -0.327 e. The summed E-state index contributed by atoms with van der Waals surface area (Å²) in [6.45, 7) is 0. The van der Waals surface area contributed by atoms with Gasteiger partial charge in [-0.05, 0) is 52.5 Å². The predicted octanol–water partition coefficient (Wildman–Crippen LogP) is 4.39. The van der Waals surface area contributed by atoms with Gasteiger partial charge in [0.2, 0.25) is 0 Å². The van der Waals surface area contributed by atoms with E-state index in [1.54, 1.807) is 11.3 Å². The van der Waals surface area contributed by atoms with Gasteiger partial charge in [0.25, 0.3) is 0 Å². The third-order valence-corrected chi connectivity index (χ3v) is 4.69. The topological polar surface area (TPSA) is 26.0 Å². The van der Waals surface area contributed by atoms with E-state index in [2.05, 4.69) is 55.4 Å². The van der Waals surface area contributed by atoms with E-state index >= 15 is 0 Å². The van der Waals surface area contributed by atoms with Gasteiger partial charge in [0.1, 0.15) is 0 Å². The summed E-state index contributed by atoms with van der Waals surface area (Å²) in [6.07, 6.45) is 1.84. The van der Waals surface area contributed by atoms with E-state index < -0.39 is 0 Å². The summed E-state index contributed by atoms with van der Waals surface area (Å²) in [5, 5.41) is 2.10. The number of thiophene rings is 1. The third kappa shape index (κ3) is 4.21. The van der Waals surface area contributed by atoms with Crippen molar-refractivity contribution in [3.05, 3.63) is 55.1 Å². The van der Waals surface area contributed by atoms with Gasteiger partial charge in [-0.15, -0.1) is 11.3 Å². The number of hydrogen-bond acceptors (Lipinski definition) is 2. The lowest BCUT2D eigenvalue weighted by Gasteiger charge is -2.10. The average Bonchev–Trinajstić information content (AvgIpc) is 2.63. The predicted molar refractivity (Wildman–Crippen MR) is 81.5 cm³/mol. The smallest absolute Gasteiger partial charge is 0.0285 e. The molecule has 1 unspecified atom stereocenters. The first-order chi connectivity index (χ1) is 8.13. The minimum absolute atomic E-state index is 0.176. The van der Waals surface area contributed by atoms with Crippen LogP contribution < -0.4 is 5.73 Å². The summed E-state index contributed by atoms with van der Waals surface area (Å²) in [5.41, 5.74) is 7.45. The second kappa shape index (κ2) is 6.14. The average molecular weight is 375 g/mol. The lowest BCUT2D eigenvalue weighted by Crippen LogP contribution is -2.25. The summed E-state index contributed by atoms with van der Waals surface area (Å²) < 4.78 is 2.26. The first-order valence-corrected chi connectivity index (χ1v) is 7.83. The van der Waals surface area contributed by atoms with Gasteiger partial charge in [0, 0.05) is 25.2 Å². The monoisotopic (exact) mass is 373 g/mol. The zero-order valence-electron chi connectivity index (χ0n) is 9.20. The fraction of sp³-hybridized carbons (Fsp3) is 0.231. The van der Waals surface area contributed by atoms with Crippen LogP contribution in [0.3, 0.4) is 0 Å². The van der Waals surface area contributed by atoms with Crippen molar-refractivity contribution in [1.82, 2.24) is 0 Å². The molecule has 1 aromatic heterocycles. The molecule has 0 saturated carbocycles. The van der Waals surface area contributed by atoms with E-state index in [-0.39, 0.29) is 6.04 Å². The van der Waals surface area contributed by atoms with Gasteiger partial charge < -0.3 is 5.73 Å². The molecular weight excluding hydrogens is 362 g/mol. The fourth-order valence-electron chi connectivity index (χ4n) is 1.76. The van der Waals surface area contributed by atoms with Crippen LogP contribution in [0.2, 0.25) is 0 Å². The Morgan fingerprint density at radius 1 is 1.12 bits per heavy atom. The molecule has 1 aromatic carbocycles. The first kappa shape index (κ1) is 13.3. The number of benzene rings is 1. The highest BCUT2D eigenvalue weighted by atomic mass is 79.9. The lowest BCUT2D eigenvalue weighted by molar-refractivity contribution is 0.670. The normalized spacial score (nSPS) is 12.6. The zero-order valence-corrected chi connectivity index (χ0v) is 13.2. The maximum absolute atomic E-state index is 6.17. The van der Waals surface area contributed by atoms with E-state index in [0.29, 0.717) is 0 Å². The summed E-state index contributed by atoms with van der Waals surface area (Å²) in [6, 6.07) is 10.7. The molecule has 0 bridgehead atoms. The van der Waals surface area contributed by atoms with Crippen LogP contribution in [0.25, 0.3) is 0 Å². The molecule has 0 amide bonds. The van der Waals surface area contributed by atoms with Crippen molar-refractivity contribution in [2.45, 2.75) is 18.9 Å². The number of hydrogen-bond donors (Lipinski definition) is 1. The standard InChI is InChI=1S/C13H13Br2NS/c14-10-3-1-2-9(4-10)5-12(16)7-13-6-11(15)8-17-13/h1-4,6,8,12H,5,7,16H2. The second-order valence-corrected chi connectivity index (χ2v) is 6.86. The molecule has 0 aliphatic heterocycles. The van der Waals surface area contributed by atoms with Crippen molar-refractivity contribution in [3.8, 4) is 0 Å². The minimum atomic E-state index is 0.176. The van der Waals surface area contributed by atoms with Gasteiger partial charge in [0.15, 0.2) is 0 Å². The largest absolute Gasteiger partial charge is 0.327 e. The van der Waals surface area contributed by atoms with E-state index in [0.717, 1.165) is 21.8 Å². The Bertz CT molecular complexity index is 496. The van der Waals surface area contributed by atoms with Crippen LogP contribution in [0.4, 0.5) is 0 Å². The molecule has 0 fully saturated rings. The van der Waals surface area contributed by atoms with Crippen molar-refractivity contribution in [2.75, 3.05) is 0 Å². The van der Waals surface area contributed by atoms with Crippen LogP contribution >= 0.6 is 43.2 Å². The van der Waals surface area contributed by atoms with Crippen molar-refractivity contribution in [2.24, 2.45) is 5.73 Å². The quantitative estimate of drug-likeness (QED) is 0.843. The van der Waals surface area contributed by atoms with E-state index in [9.17, 15) is 0 Å². The van der Waals surface area contributed by atoms with Crippen LogP contribution in [-0.4, -0.2) is 6.04 Å². The van der Waals surface area contributed by atoms with Crippen LogP contribution in [0.15, 0.2) is 44.7 Å². The van der Waals surface area contributed by atoms with Crippen molar-refractivity contribution >= 4 is 43.2 Å². The number of halogens is 2. The van der Waals surface area contributed by atoms with Gasteiger partial charge in [0.05, 0.1) is 0 Å². The van der Waals surface area contributed by atoms with Gasteiger partial charge >= 0.3 is 0 Å². The summed E-state index contributed by atoms with van der Waals surface area (Å²) in [7, 11) is 0. The molecule has 0 aliphatic rings. The Morgan fingerprint density at radius 3 is 2.59 bits per heavy atom. The van der Waals surface area contributed by atoms with Crippen LogP contribution in [-0.2, 0) is 12.8 Å². The Morgan fingerprint density at radius 2 is 1.94 bits per heavy atom. The molecule has 0 radical (unpaired) electrons. The molecule has 0 spiro atoms. The molecule has 4 heteroatoms. The highest BCUT2D eigenvalue weighted by Crippen LogP contribution is 2.21. The molecule has 90 valence electrons. The van der Waals surface area contributed by atoms with Crippen molar-refractivity contribution in [3.63, 3.8) is 0 Å². The SMILES string of the molecule is NC(Cc1cccc(Br)c1)Cc1cc(Br)cs1.